The molecule has 0 saturated carbocycles. The highest BCUT2D eigenvalue weighted by molar-refractivity contribution is 6.49. The summed E-state index contributed by atoms with van der Waals surface area (Å²) in [5.41, 5.74) is 7.70. The van der Waals surface area contributed by atoms with E-state index < -0.39 is 5.97 Å². The number of aromatic nitrogens is 1. The van der Waals surface area contributed by atoms with E-state index in [1.807, 2.05) is 0 Å². The summed E-state index contributed by atoms with van der Waals surface area (Å²) in [6.07, 6.45) is 1.30. The van der Waals surface area contributed by atoms with Gasteiger partial charge in [0.05, 0.1) is 32.9 Å². The van der Waals surface area contributed by atoms with Crippen molar-refractivity contribution < 1.29 is 9.90 Å². The summed E-state index contributed by atoms with van der Waals surface area (Å²) in [5.74, 6) is -0.952. The Labute approximate surface area is 130 Å². The molecule has 0 bridgehead atoms. The number of anilines is 1. The van der Waals surface area contributed by atoms with Gasteiger partial charge in [-0.15, -0.1) is 0 Å². The van der Waals surface area contributed by atoms with Gasteiger partial charge in [-0.25, -0.2) is 0 Å². The van der Waals surface area contributed by atoms with Crippen LogP contribution in [-0.4, -0.2) is 16.1 Å². The smallest absolute Gasteiger partial charge is 0.307 e. The molecule has 1 aromatic carbocycles. The van der Waals surface area contributed by atoms with Crippen LogP contribution in [0.5, 0.6) is 0 Å². The molecule has 2 aromatic rings. The molecule has 0 amide bonds. The van der Waals surface area contributed by atoms with Crippen molar-refractivity contribution in [2.45, 2.75) is 6.42 Å². The topological polar surface area (TPSA) is 76.2 Å². The Morgan fingerprint density at radius 1 is 1.25 bits per heavy atom. The average molecular weight is 332 g/mol. The largest absolute Gasteiger partial charge is 0.481 e. The van der Waals surface area contributed by atoms with Crippen molar-refractivity contribution in [2.75, 3.05) is 5.73 Å². The van der Waals surface area contributed by atoms with Crippen LogP contribution in [0.3, 0.4) is 0 Å². The van der Waals surface area contributed by atoms with Crippen molar-refractivity contribution in [3.8, 4) is 11.3 Å². The third-order valence-corrected chi connectivity index (χ3v) is 3.91. The lowest BCUT2D eigenvalue weighted by molar-refractivity contribution is -0.136. The first-order valence-electron chi connectivity index (χ1n) is 5.50. The number of hydrogen-bond acceptors (Lipinski definition) is 3. The summed E-state index contributed by atoms with van der Waals surface area (Å²) in [6, 6.07) is 4.80. The number of benzene rings is 1. The fraction of sp³-hybridized carbons (Fsp3) is 0.0769. The first-order chi connectivity index (χ1) is 9.40. The van der Waals surface area contributed by atoms with Gasteiger partial charge in [0.1, 0.15) is 0 Å². The Hall–Kier alpha value is -1.49. The Balaban J connectivity index is 2.49. The van der Waals surface area contributed by atoms with E-state index in [4.69, 9.17) is 45.6 Å². The number of carboxylic acid groups (broad SMARTS) is 1. The van der Waals surface area contributed by atoms with E-state index >= 15 is 0 Å². The van der Waals surface area contributed by atoms with E-state index in [2.05, 4.69) is 4.98 Å². The fourth-order valence-corrected chi connectivity index (χ4v) is 2.36. The number of carbonyl (C=O) groups is 1. The number of nitrogens with zero attached hydrogens (tertiary/aromatic N) is 1. The lowest BCUT2D eigenvalue weighted by Gasteiger charge is -2.10. The van der Waals surface area contributed by atoms with Crippen LogP contribution in [0, 0.1) is 0 Å². The zero-order valence-corrected chi connectivity index (χ0v) is 12.3. The quantitative estimate of drug-likeness (QED) is 0.836. The number of aliphatic carboxylic acids is 1. The minimum absolute atomic E-state index is 0.146. The minimum atomic E-state index is -0.952. The van der Waals surface area contributed by atoms with Gasteiger partial charge in [-0.2, -0.15) is 0 Å². The van der Waals surface area contributed by atoms with E-state index in [0.29, 0.717) is 27.5 Å². The van der Waals surface area contributed by atoms with Gasteiger partial charge in [0.15, 0.2) is 0 Å². The van der Waals surface area contributed by atoms with Crippen LogP contribution in [-0.2, 0) is 11.2 Å². The molecule has 0 spiro atoms. The van der Waals surface area contributed by atoms with Crippen molar-refractivity contribution in [2.24, 2.45) is 0 Å². The van der Waals surface area contributed by atoms with Crippen LogP contribution in [0.25, 0.3) is 11.3 Å². The number of carboxylic acids is 1. The highest BCUT2D eigenvalue weighted by Gasteiger charge is 2.14. The molecule has 0 aliphatic heterocycles. The van der Waals surface area contributed by atoms with Gasteiger partial charge in [-0.05, 0) is 23.8 Å². The molecule has 1 aromatic heterocycles. The second kappa shape index (κ2) is 5.87. The highest BCUT2D eigenvalue weighted by Crippen LogP contribution is 2.39. The summed E-state index contributed by atoms with van der Waals surface area (Å²) in [4.78, 5) is 14.8. The fourth-order valence-electron chi connectivity index (χ4n) is 1.73. The van der Waals surface area contributed by atoms with Crippen LogP contribution in [0.1, 0.15) is 5.56 Å². The summed E-state index contributed by atoms with van der Waals surface area (Å²) in [7, 11) is 0. The van der Waals surface area contributed by atoms with Crippen LogP contribution in [0.2, 0.25) is 15.1 Å². The van der Waals surface area contributed by atoms with Gasteiger partial charge < -0.3 is 10.8 Å². The van der Waals surface area contributed by atoms with Crippen LogP contribution in [0.15, 0.2) is 24.4 Å². The zero-order chi connectivity index (χ0) is 14.9. The first kappa shape index (κ1) is 14.9. The molecule has 0 unspecified atom stereocenters. The monoisotopic (exact) mass is 330 g/mol. The van der Waals surface area contributed by atoms with Crippen molar-refractivity contribution in [3.63, 3.8) is 0 Å². The Kier molecular flexibility index (Phi) is 4.38. The molecule has 0 saturated heterocycles. The molecule has 0 aliphatic rings. The summed E-state index contributed by atoms with van der Waals surface area (Å²) < 4.78 is 0. The zero-order valence-electron chi connectivity index (χ0n) is 10.0. The Morgan fingerprint density at radius 3 is 2.55 bits per heavy atom. The first-order valence-corrected chi connectivity index (χ1v) is 6.63. The lowest BCUT2D eigenvalue weighted by Crippen LogP contribution is -2.03. The number of hydrogen-bond donors (Lipinski definition) is 2. The molecule has 0 atom stereocenters. The van der Waals surface area contributed by atoms with Crippen molar-refractivity contribution in [3.05, 3.63) is 45.0 Å². The molecule has 2 rings (SSSR count). The molecular weight excluding hydrogens is 323 g/mol. The molecule has 0 aliphatic carbocycles. The van der Waals surface area contributed by atoms with E-state index in [0.717, 1.165) is 0 Å². The van der Waals surface area contributed by atoms with Gasteiger partial charge in [0.2, 0.25) is 0 Å². The molecule has 20 heavy (non-hydrogen) atoms. The molecule has 4 nitrogen and oxygen atoms in total. The van der Waals surface area contributed by atoms with E-state index in [9.17, 15) is 4.79 Å². The van der Waals surface area contributed by atoms with Gasteiger partial charge in [-0.3, -0.25) is 9.78 Å². The van der Waals surface area contributed by atoms with Gasteiger partial charge >= 0.3 is 5.97 Å². The maximum absolute atomic E-state index is 10.6. The number of nitrogens with two attached hydrogens (primary N) is 1. The number of halogens is 3. The second-order valence-electron chi connectivity index (χ2n) is 4.07. The Bertz CT molecular complexity index is 690. The summed E-state index contributed by atoms with van der Waals surface area (Å²) >= 11 is 18.0. The number of nitrogen functional groups attached to an aromatic ring is 1. The SMILES string of the molecule is Nc1cc(CC(=O)O)cnc1-c1ccc(Cl)c(Cl)c1Cl. The van der Waals surface area contributed by atoms with Gasteiger partial charge in [-0.1, -0.05) is 34.8 Å². The number of pyridine rings is 1. The van der Waals surface area contributed by atoms with Crippen molar-refractivity contribution in [1.82, 2.24) is 4.98 Å². The normalized spacial score (nSPS) is 10.6. The maximum atomic E-state index is 10.6. The minimum Gasteiger partial charge on any atom is -0.481 e. The molecule has 0 radical (unpaired) electrons. The molecule has 3 N–H and O–H groups in total. The summed E-state index contributed by atoms with van der Waals surface area (Å²) in [6.45, 7) is 0. The maximum Gasteiger partial charge on any atom is 0.307 e. The molecule has 0 fully saturated rings. The molecular formula is C13H9Cl3N2O2. The predicted octanol–water partition coefficient (Wildman–Crippen LogP) is 3.92. The van der Waals surface area contributed by atoms with Crippen molar-refractivity contribution >= 4 is 46.5 Å². The molecule has 7 heteroatoms. The van der Waals surface area contributed by atoms with Crippen molar-refractivity contribution in [1.29, 1.82) is 0 Å². The standard InChI is InChI=1S/C13H9Cl3N2O2/c14-8-2-1-7(11(15)12(8)16)13-9(17)3-6(5-18-13)4-10(19)20/h1-3,5H,4,17H2,(H,19,20). The predicted molar refractivity (Wildman–Crippen MR) is 80.5 cm³/mol. The van der Waals surface area contributed by atoms with E-state index in [1.165, 1.54) is 6.20 Å². The highest BCUT2D eigenvalue weighted by atomic mass is 35.5. The summed E-state index contributed by atoms with van der Waals surface area (Å²) in [5, 5.41) is 9.55. The average Bonchev–Trinajstić information content (AvgIpc) is 2.37. The third kappa shape index (κ3) is 2.98. The molecule has 104 valence electrons. The van der Waals surface area contributed by atoms with Crippen LogP contribution in [0.4, 0.5) is 5.69 Å². The Morgan fingerprint density at radius 2 is 1.95 bits per heavy atom. The second-order valence-corrected chi connectivity index (χ2v) is 5.24. The molecule has 1 heterocycles. The van der Waals surface area contributed by atoms with Crippen LogP contribution >= 0.6 is 34.8 Å². The van der Waals surface area contributed by atoms with E-state index in [1.54, 1.807) is 18.2 Å². The lowest BCUT2D eigenvalue weighted by atomic mass is 10.1. The van der Waals surface area contributed by atoms with Gasteiger partial charge in [0, 0.05) is 11.8 Å². The van der Waals surface area contributed by atoms with E-state index in [-0.39, 0.29) is 16.5 Å². The number of rotatable bonds is 3. The van der Waals surface area contributed by atoms with Crippen LogP contribution < -0.4 is 5.73 Å². The third-order valence-electron chi connectivity index (χ3n) is 2.62. The van der Waals surface area contributed by atoms with Gasteiger partial charge in [0.25, 0.3) is 0 Å².